The number of hydrogen-bond donors (Lipinski definition) is 0. The lowest BCUT2D eigenvalue weighted by atomic mass is 9.86. The first-order chi connectivity index (χ1) is 15.8. The largest absolute Gasteiger partial charge is 0.460 e. The van der Waals surface area contributed by atoms with E-state index in [0.717, 1.165) is 34.5 Å². The van der Waals surface area contributed by atoms with Crippen molar-refractivity contribution in [2.24, 2.45) is 0 Å². The highest BCUT2D eigenvalue weighted by molar-refractivity contribution is 6.10. The van der Waals surface area contributed by atoms with E-state index in [1.165, 1.54) is 27.3 Å². The molecule has 0 fully saturated rings. The van der Waals surface area contributed by atoms with Gasteiger partial charge in [0.15, 0.2) is 0 Å². The average molecular weight is 414 g/mol. The van der Waals surface area contributed by atoms with Crippen molar-refractivity contribution in [1.29, 1.82) is 0 Å². The van der Waals surface area contributed by atoms with Gasteiger partial charge < -0.3 is 8.98 Å². The van der Waals surface area contributed by atoms with Gasteiger partial charge in [0.25, 0.3) is 0 Å². The highest BCUT2D eigenvalue weighted by atomic mass is 16.3. The van der Waals surface area contributed by atoms with Crippen molar-refractivity contribution < 1.29 is 4.42 Å². The van der Waals surface area contributed by atoms with Crippen LogP contribution in [0.5, 0.6) is 0 Å². The van der Waals surface area contributed by atoms with Gasteiger partial charge in [0.05, 0.1) is 11.0 Å². The van der Waals surface area contributed by atoms with E-state index in [1.807, 2.05) is 18.2 Å². The van der Waals surface area contributed by atoms with Crippen molar-refractivity contribution in [3.63, 3.8) is 0 Å². The van der Waals surface area contributed by atoms with Crippen LogP contribution in [0.4, 0.5) is 0 Å². The highest BCUT2D eigenvalue weighted by Gasteiger charge is 2.26. The van der Waals surface area contributed by atoms with Gasteiger partial charge >= 0.3 is 0 Å². The molecule has 3 aromatic carbocycles. The number of aromatic nitrogens is 1. The van der Waals surface area contributed by atoms with Crippen LogP contribution in [0, 0.1) is 0 Å². The van der Waals surface area contributed by atoms with Crippen molar-refractivity contribution >= 4 is 44.5 Å². The summed E-state index contributed by atoms with van der Waals surface area (Å²) in [6.45, 7) is 8.09. The fourth-order valence-electron chi connectivity index (χ4n) is 5.00. The molecule has 0 saturated carbocycles. The lowest BCUT2D eigenvalue weighted by Crippen LogP contribution is -2.03. The molecule has 0 radical (unpaired) electrons. The molecule has 2 heteroatoms. The van der Waals surface area contributed by atoms with E-state index in [0.29, 0.717) is 0 Å². The maximum absolute atomic E-state index is 6.36. The van der Waals surface area contributed by atoms with Crippen molar-refractivity contribution in [2.45, 2.75) is 12.3 Å². The van der Waals surface area contributed by atoms with E-state index < -0.39 is 0 Å². The third-order valence-corrected chi connectivity index (χ3v) is 6.45. The summed E-state index contributed by atoms with van der Waals surface area (Å²) in [4.78, 5) is 0. The van der Waals surface area contributed by atoms with Gasteiger partial charge in [-0.25, -0.2) is 0 Å². The number of hydrogen-bond acceptors (Lipinski definition) is 1. The van der Waals surface area contributed by atoms with Crippen LogP contribution in [0.1, 0.15) is 29.2 Å². The van der Waals surface area contributed by atoms with Gasteiger partial charge in [-0.3, -0.25) is 0 Å². The fourth-order valence-corrected chi connectivity index (χ4v) is 5.00. The smallest absolute Gasteiger partial charge is 0.134 e. The Labute approximate surface area is 187 Å². The summed E-state index contributed by atoms with van der Waals surface area (Å²) in [6.07, 6.45) is 11.1. The van der Waals surface area contributed by atoms with Gasteiger partial charge in [0, 0.05) is 33.3 Å². The maximum atomic E-state index is 6.36. The van der Waals surface area contributed by atoms with Crippen molar-refractivity contribution in [2.75, 3.05) is 0 Å². The Bertz CT molecular complexity index is 1590. The summed E-state index contributed by atoms with van der Waals surface area (Å²) in [6, 6.07) is 23.6. The minimum absolute atomic E-state index is 0.206. The molecule has 32 heavy (non-hydrogen) atoms. The quantitative estimate of drug-likeness (QED) is 0.271. The van der Waals surface area contributed by atoms with E-state index in [2.05, 4.69) is 90.5 Å². The second kappa shape index (κ2) is 7.28. The second-order valence-electron chi connectivity index (χ2n) is 8.28. The summed E-state index contributed by atoms with van der Waals surface area (Å²) in [5, 5.41) is 3.65. The number of fused-ring (bicyclic) bond motifs is 6. The average Bonchev–Trinajstić information content (AvgIpc) is 3.38. The molecule has 1 atom stereocenters. The number of allylic oxidation sites excluding steroid dienone is 5. The molecular formula is C30H23NO. The van der Waals surface area contributed by atoms with E-state index in [-0.39, 0.29) is 5.92 Å². The molecule has 1 unspecified atom stereocenters. The van der Waals surface area contributed by atoms with Crippen LogP contribution in [0.2, 0.25) is 0 Å². The molecule has 0 amide bonds. The van der Waals surface area contributed by atoms with E-state index in [9.17, 15) is 0 Å². The zero-order valence-corrected chi connectivity index (χ0v) is 17.8. The molecule has 1 aliphatic rings. The molecule has 0 saturated heterocycles. The first kappa shape index (κ1) is 18.7. The van der Waals surface area contributed by atoms with E-state index in [4.69, 9.17) is 4.42 Å². The Morgan fingerprint density at radius 1 is 0.938 bits per heavy atom. The van der Waals surface area contributed by atoms with Crippen LogP contribution in [-0.4, -0.2) is 4.57 Å². The topological polar surface area (TPSA) is 18.1 Å². The molecule has 2 nitrogen and oxygen atoms in total. The van der Waals surface area contributed by atoms with Crippen LogP contribution < -0.4 is 0 Å². The number of benzene rings is 3. The fraction of sp³-hybridized carbons (Fsp3) is 0.0667. The molecule has 0 bridgehead atoms. The van der Waals surface area contributed by atoms with Crippen molar-refractivity contribution in [1.82, 2.24) is 4.57 Å². The SMILES string of the molecule is C=CC=CC(=C)n1c2ccccc2c2cc(C3CC=Cc4c3oc3ccccc43)ccc21. The van der Waals surface area contributed by atoms with Crippen LogP contribution in [0.3, 0.4) is 0 Å². The van der Waals surface area contributed by atoms with Crippen LogP contribution >= 0.6 is 0 Å². The van der Waals surface area contributed by atoms with Crippen LogP contribution in [-0.2, 0) is 0 Å². The second-order valence-corrected chi connectivity index (χ2v) is 8.28. The van der Waals surface area contributed by atoms with E-state index in [1.54, 1.807) is 6.08 Å². The summed E-state index contributed by atoms with van der Waals surface area (Å²) < 4.78 is 8.58. The molecule has 0 aliphatic heterocycles. The standard InChI is InChI=1S/C30H23NO/c1-3-4-10-20(2)31-27-15-7-5-11-23(27)26-19-21(17-18-28(26)31)22-13-9-14-25-24-12-6-8-16-29(24)32-30(22)25/h3-12,14-19,22H,1-2,13H2. The molecule has 2 aromatic heterocycles. The third-order valence-electron chi connectivity index (χ3n) is 6.45. The van der Waals surface area contributed by atoms with Crippen LogP contribution in [0.15, 0.2) is 109 Å². The van der Waals surface area contributed by atoms with Gasteiger partial charge in [-0.05, 0) is 42.3 Å². The summed E-state index contributed by atoms with van der Waals surface area (Å²) in [5.74, 6) is 1.27. The van der Waals surface area contributed by atoms with Gasteiger partial charge in [-0.1, -0.05) is 79.9 Å². The Balaban J connectivity index is 1.55. The maximum Gasteiger partial charge on any atom is 0.134 e. The normalized spacial score (nSPS) is 15.7. The zero-order chi connectivity index (χ0) is 21.7. The molecule has 0 spiro atoms. The minimum atomic E-state index is 0.206. The van der Waals surface area contributed by atoms with Gasteiger partial charge in [0.1, 0.15) is 11.3 Å². The van der Waals surface area contributed by atoms with Gasteiger partial charge in [0.2, 0.25) is 0 Å². The minimum Gasteiger partial charge on any atom is -0.460 e. The Kier molecular flexibility index (Phi) is 4.26. The lowest BCUT2D eigenvalue weighted by Gasteiger charge is -2.18. The highest BCUT2D eigenvalue weighted by Crippen LogP contribution is 2.42. The van der Waals surface area contributed by atoms with Gasteiger partial charge in [-0.2, -0.15) is 0 Å². The van der Waals surface area contributed by atoms with E-state index >= 15 is 0 Å². The third kappa shape index (κ3) is 2.73. The molecule has 2 heterocycles. The number of nitrogens with zero attached hydrogens (tertiary/aromatic N) is 1. The first-order valence-electron chi connectivity index (χ1n) is 11.0. The van der Waals surface area contributed by atoms with Crippen molar-refractivity contribution in [3.05, 3.63) is 121 Å². The number of rotatable bonds is 4. The summed E-state index contributed by atoms with van der Waals surface area (Å²) in [7, 11) is 0. The summed E-state index contributed by atoms with van der Waals surface area (Å²) in [5.41, 5.74) is 6.68. The van der Waals surface area contributed by atoms with Gasteiger partial charge in [-0.15, -0.1) is 0 Å². The molecule has 6 rings (SSSR count). The Morgan fingerprint density at radius 2 is 1.72 bits per heavy atom. The van der Waals surface area contributed by atoms with Crippen molar-refractivity contribution in [3.8, 4) is 0 Å². The molecule has 5 aromatic rings. The number of para-hydroxylation sites is 2. The Hall–Kier alpha value is -4.04. The summed E-state index contributed by atoms with van der Waals surface area (Å²) >= 11 is 0. The predicted octanol–water partition coefficient (Wildman–Crippen LogP) is 8.30. The first-order valence-corrected chi connectivity index (χ1v) is 11.0. The molecule has 154 valence electrons. The predicted molar refractivity (Wildman–Crippen MR) is 136 cm³/mol. The molecule has 1 aliphatic carbocycles. The molecule has 0 N–H and O–H groups in total. The molecular weight excluding hydrogens is 390 g/mol. The number of furan rings is 1. The lowest BCUT2D eigenvalue weighted by molar-refractivity contribution is 0.517. The zero-order valence-electron chi connectivity index (χ0n) is 17.8. The Morgan fingerprint density at radius 3 is 2.59 bits per heavy atom. The monoisotopic (exact) mass is 413 g/mol. The van der Waals surface area contributed by atoms with Crippen LogP contribution in [0.25, 0.3) is 44.5 Å².